The number of carbonyl (C=O) groups is 2. The molecule has 0 aromatic heterocycles. The van der Waals surface area contributed by atoms with Crippen molar-refractivity contribution in [3.63, 3.8) is 0 Å². The Hall–Kier alpha value is -1.10. The summed E-state index contributed by atoms with van der Waals surface area (Å²) in [6.45, 7) is 0. The summed E-state index contributed by atoms with van der Waals surface area (Å²) >= 11 is 0. The van der Waals surface area contributed by atoms with Crippen LogP contribution in [0.1, 0.15) is 19.3 Å². The standard InChI is InChI=1S/C9H13NO4/c10-9(8(13)14)3-4-1-5(7(11)12)6(9)2-4/h4-6H,1-3,10H2,(H,11,12)(H,13,14)/t4?,5-,6?,9-/m1/s1. The highest BCUT2D eigenvalue weighted by molar-refractivity contribution is 5.82. The third kappa shape index (κ3) is 1.05. The predicted octanol–water partition coefficient (Wildman–Crippen LogP) is -0.101. The Balaban J connectivity index is 2.27. The van der Waals surface area contributed by atoms with Gasteiger partial charge in [0.2, 0.25) is 0 Å². The van der Waals surface area contributed by atoms with Crippen molar-refractivity contribution in [2.45, 2.75) is 24.8 Å². The number of hydrogen-bond donors (Lipinski definition) is 3. The zero-order valence-corrected chi connectivity index (χ0v) is 7.64. The quantitative estimate of drug-likeness (QED) is 0.576. The molecular weight excluding hydrogens is 186 g/mol. The van der Waals surface area contributed by atoms with E-state index in [-0.39, 0.29) is 11.8 Å². The molecule has 2 saturated carbocycles. The van der Waals surface area contributed by atoms with Crippen molar-refractivity contribution in [3.8, 4) is 0 Å². The number of hydrogen-bond acceptors (Lipinski definition) is 3. The van der Waals surface area contributed by atoms with Crippen molar-refractivity contribution in [1.29, 1.82) is 0 Å². The van der Waals surface area contributed by atoms with Crippen LogP contribution in [0.15, 0.2) is 0 Å². The van der Waals surface area contributed by atoms with Gasteiger partial charge in [0.05, 0.1) is 5.92 Å². The first kappa shape index (κ1) is 9.45. The summed E-state index contributed by atoms with van der Waals surface area (Å²) in [6, 6.07) is 0. The van der Waals surface area contributed by atoms with Gasteiger partial charge in [-0.2, -0.15) is 0 Å². The van der Waals surface area contributed by atoms with Gasteiger partial charge in [0.15, 0.2) is 0 Å². The fraction of sp³-hybridized carbons (Fsp3) is 0.778. The number of fused-ring (bicyclic) bond motifs is 2. The molecule has 4 N–H and O–H groups in total. The summed E-state index contributed by atoms with van der Waals surface area (Å²) in [5, 5.41) is 17.9. The number of carboxylic acids is 2. The average molecular weight is 199 g/mol. The van der Waals surface area contributed by atoms with Crippen LogP contribution in [0.2, 0.25) is 0 Å². The van der Waals surface area contributed by atoms with Crippen LogP contribution in [0.5, 0.6) is 0 Å². The van der Waals surface area contributed by atoms with Gasteiger partial charge in [-0.1, -0.05) is 0 Å². The summed E-state index contributed by atoms with van der Waals surface area (Å²) in [5.41, 5.74) is 4.45. The molecule has 14 heavy (non-hydrogen) atoms. The van der Waals surface area contributed by atoms with E-state index in [4.69, 9.17) is 15.9 Å². The molecule has 5 nitrogen and oxygen atoms in total. The molecule has 0 heterocycles. The van der Waals surface area contributed by atoms with Crippen molar-refractivity contribution in [2.75, 3.05) is 0 Å². The highest BCUT2D eigenvalue weighted by Crippen LogP contribution is 2.53. The van der Waals surface area contributed by atoms with Crippen LogP contribution in [-0.4, -0.2) is 27.7 Å². The topological polar surface area (TPSA) is 101 Å². The summed E-state index contributed by atoms with van der Waals surface area (Å²) in [6.07, 6.45) is 1.67. The van der Waals surface area contributed by atoms with Crippen LogP contribution in [0.4, 0.5) is 0 Å². The Morgan fingerprint density at radius 3 is 2.36 bits per heavy atom. The maximum absolute atomic E-state index is 11.0. The van der Waals surface area contributed by atoms with Gasteiger partial charge in [0.1, 0.15) is 5.54 Å². The number of rotatable bonds is 2. The highest BCUT2D eigenvalue weighted by atomic mass is 16.4. The maximum Gasteiger partial charge on any atom is 0.324 e. The molecule has 0 aromatic rings. The first-order valence-corrected chi connectivity index (χ1v) is 4.70. The van der Waals surface area contributed by atoms with E-state index in [0.717, 1.165) is 0 Å². The molecule has 2 unspecified atom stereocenters. The Labute approximate surface area is 80.9 Å². The average Bonchev–Trinajstić information content (AvgIpc) is 2.60. The van der Waals surface area contributed by atoms with Crippen LogP contribution in [0, 0.1) is 17.8 Å². The third-order valence-electron chi connectivity index (χ3n) is 3.66. The van der Waals surface area contributed by atoms with E-state index in [0.29, 0.717) is 19.3 Å². The normalized spacial score (nSPS) is 45.4. The molecule has 2 rings (SSSR count). The second kappa shape index (κ2) is 2.70. The minimum atomic E-state index is -1.30. The minimum Gasteiger partial charge on any atom is -0.481 e. The van der Waals surface area contributed by atoms with Gasteiger partial charge in [0.25, 0.3) is 0 Å². The molecule has 2 aliphatic rings. The van der Waals surface area contributed by atoms with Gasteiger partial charge in [0, 0.05) is 5.92 Å². The molecule has 2 bridgehead atoms. The van der Waals surface area contributed by atoms with Crippen LogP contribution in [-0.2, 0) is 9.59 Å². The van der Waals surface area contributed by atoms with Gasteiger partial charge in [-0.25, -0.2) is 0 Å². The van der Waals surface area contributed by atoms with Crippen LogP contribution >= 0.6 is 0 Å². The number of carboxylic acid groups (broad SMARTS) is 2. The smallest absolute Gasteiger partial charge is 0.324 e. The van der Waals surface area contributed by atoms with E-state index >= 15 is 0 Å². The summed E-state index contributed by atoms with van der Waals surface area (Å²) in [4.78, 5) is 21.8. The van der Waals surface area contributed by atoms with Crippen LogP contribution in [0.25, 0.3) is 0 Å². The van der Waals surface area contributed by atoms with E-state index in [2.05, 4.69) is 0 Å². The van der Waals surface area contributed by atoms with E-state index < -0.39 is 23.4 Å². The lowest BCUT2D eigenvalue weighted by Crippen LogP contribution is -2.55. The zero-order valence-electron chi connectivity index (χ0n) is 7.64. The van der Waals surface area contributed by atoms with Crippen molar-refractivity contribution >= 4 is 11.9 Å². The number of aliphatic carboxylic acids is 2. The van der Waals surface area contributed by atoms with E-state index in [1.54, 1.807) is 0 Å². The maximum atomic E-state index is 11.0. The second-order valence-electron chi connectivity index (χ2n) is 4.44. The van der Waals surface area contributed by atoms with Crippen LogP contribution < -0.4 is 5.73 Å². The summed E-state index contributed by atoms with van der Waals surface area (Å²) < 4.78 is 0. The lowest BCUT2D eigenvalue weighted by Gasteiger charge is -2.32. The highest BCUT2D eigenvalue weighted by Gasteiger charge is 2.59. The lowest BCUT2D eigenvalue weighted by molar-refractivity contribution is -0.151. The van der Waals surface area contributed by atoms with E-state index in [9.17, 15) is 9.59 Å². The summed E-state index contributed by atoms with van der Waals surface area (Å²) in [5.74, 6) is -2.73. The first-order chi connectivity index (χ1) is 6.45. The van der Waals surface area contributed by atoms with Crippen molar-refractivity contribution < 1.29 is 19.8 Å². The molecule has 2 aliphatic carbocycles. The fourth-order valence-corrected chi connectivity index (χ4v) is 3.03. The molecule has 2 fully saturated rings. The molecule has 0 saturated heterocycles. The van der Waals surface area contributed by atoms with Gasteiger partial charge in [-0.15, -0.1) is 0 Å². The molecule has 4 atom stereocenters. The SMILES string of the molecule is N[C@]1(C(=O)O)CC2CC1[C@H](C(=O)O)C2. The van der Waals surface area contributed by atoms with Crippen LogP contribution in [0.3, 0.4) is 0 Å². The molecule has 0 amide bonds. The third-order valence-corrected chi connectivity index (χ3v) is 3.66. The lowest BCUT2D eigenvalue weighted by atomic mass is 9.75. The van der Waals surface area contributed by atoms with Gasteiger partial charge in [-0.05, 0) is 25.2 Å². The monoisotopic (exact) mass is 199 g/mol. The van der Waals surface area contributed by atoms with Gasteiger partial charge in [-0.3, -0.25) is 9.59 Å². The largest absolute Gasteiger partial charge is 0.481 e. The molecular formula is C9H13NO4. The first-order valence-electron chi connectivity index (χ1n) is 4.70. The Morgan fingerprint density at radius 1 is 1.29 bits per heavy atom. The van der Waals surface area contributed by atoms with E-state index in [1.165, 1.54) is 0 Å². The fourth-order valence-electron chi connectivity index (χ4n) is 3.03. The molecule has 5 heteroatoms. The molecule has 0 aliphatic heterocycles. The Bertz CT molecular complexity index is 303. The number of nitrogens with two attached hydrogens (primary N) is 1. The molecule has 0 aromatic carbocycles. The summed E-state index contributed by atoms with van der Waals surface area (Å²) in [7, 11) is 0. The van der Waals surface area contributed by atoms with Crippen molar-refractivity contribution in [1.82, 2.24) is 0 Å². The Morgan fingerprint density at radius 2 is 1.93 bits per heavy atom. The van der Waals surface area contributed by atoms with Gasteiger partial charge >= 0.3 is 11.9 Å². The molecule has 78 valence electrons. The predicted molar refractivity (Wildman–Crippen MR) is 46.5 cm³/mol. The second-order valence-corrected chi connectivity index (χ2v) is 4.44. The van der Waals surface area contributed by atoms with Gasteiger partial charge < -0.3 is 15.9 Å². The molecule has 0 radical (unpaired) electrons. The Kier molecular flexibility index (Phi) is 1.82. The van der Waals surface area contributed by atoms with Crippen molar-refractivity contribution in [3.05, 3.63) is 0 Å². The van der Waals surface area contributed by atoms with E-state index in [1.807, 2.05) is 0 Å². The molecule has 0 spiro atoms. The zero-order chi connectivity index (χ0) is 10.5. The van der Waals surface area contributed by atoms with Crippen molar-refractivity contribution in [2.24, 2.45) is 23.5 Å². The minimum absolute atomic E-state index is 0.183.